The van der Waals surface area contributed by atoms with Crippen LogP contribution in [-0.4, -0.2) is 21.7 Å². The van der Waals surface area contributed by atoms with Crippen LogP contribution in [0.15, 0.2) is 30.3 Å². The first-order valence-electron chi connectivity index (χ1n) is 7.13. The van der Waals surface area contributed by atoms with E-state index >= 15 is 0 Å². The van der Waals surface area contributed by atoms with Gasteiger partial charge in [0.15, 0.2) is 0 Å². The first kappa shape index (κ1) is 22.3. The van der Waals surface area contributed by atoms with E-state index in [9.17, 15) is 0 Å². The van der Waals surface area contributed by atoms with Crippen molar-refractivity contribution in [3.8, 4) is 0 Å². The summed E-state index contributed by atoms with van der Waals surface area (Å²) < 4.78 is 0. The van der Waals surface area contributed by atoms with Gasteiger partial charge in [0.1, 0.15) is 0 Å². The van der Waals surface area contributed by atoms with Crippen molar-refractivity contribution in [3.63, 3.8) is 0 Å². The maximum atomic E-state index is 6.00. The highest BCUT2D eigenvalue weighted by molar-refractivity contribution is 5.17. The summed E-state index contributed by atoms with van der Waals surface area (Å²) in [6.07, 6.45) is 0. The van der Waals surface area contributed by atoms with E-state index in [-0.39, 0.29) is 11.2 Å². The summed E-state index contributed by atoms with van der Waals surface area (Å²) in [4.78, 5) is 10.2. The lowest BCUT2D eigenvalue weighted by Gasteiger charge is -2.24. The van der Waals surface area contributed by atoms with E-state index in [4.69, 9.17) is 20.3 Å². The predicted molar refractivity (Wildman–Crippen MR) is 87.5 cm³/mol. The minimum atomic E-state index is -0.215. The number of rotatable bonds is 2. The molecule has 0 aromatic heterocycles. The minimum absolute atomic E-state index is 0.215. The standard InChI is InChI=1S/C9H12.C8H18O2.H2O2/c1-8(2)9-6-4-3-5-7-9;1-7(2,3)9-10-8(4,5)6;1-2/h3-8H,1-2H3;1-6H3;1-2H. The van der Waals surface area contributed by atoms with Gasteiger partial charge in [-0.05, 0) is 53.0 Å². The number of hydrogen-bond donors (Lipinski definition) is 2. The van der Waals surface area contributed by atoms with Gasteiger partial charge < -0.3 is 0 Å². The predicted octanol–water partition coefficient (Wildman–Crippen LogP) is 5.36. The maximum absolute atomic E-state index is 6.00. The maximum Gasteiger partial charge on any atom is 0.0952 e. The van der Waals surface area contributed by atoms with Crippen LogP contribution >= 0.6 is 0 Å². The Hall–Kier alpha value is -0.940. The zero-order valence-electron chi connectivity index (χ0n) is 14.7. The van der Waals surface area contributed by atoms with E-state index in [2.05, 4.69) is 38.1 Å². The van der Waals surface area contributed by atoms with Crippen molar-refractivity contribution in [2.24, 2.45) is 0 Å². The summed E-state index contributed by atoms with van der Waals surface area (Å²) in [6, 6.07) is 10.5. The minimum Gasteiger partial charge on any atom is -0.255 e. The van der Waals surface area contributed by atoms with Crippen LogP contribution in [0.3, 0.4) is 0 Å². The third-order valence-corrected chi connectivity index (χ3v) is 2.01. The molecular formula is C17H32O4. The molecule has 0 amide bonds. The molecule has 4 nitrogen and oxygen atoms in total. The molecule has 0 unspecified atom stereocenters. The second-order valence-corrected chi connectivity index (χ2v) is 6.96. The Balaban J connectivity index is 0. The van der Waals surface area contributed by atoms with Crippen molar-refractivity contribution in [2.75, 3.05) is 0 Å². The van der Waals surface area contributed by atoms with Gasteiger partial charge in [-0.15, -0.1) is 0 Å². The monoisotopic (exact) mass is 300 g/mol. The molecule has 1 aromatic rings. The van der Waals surface area contributed by atoms with E-state index in [1.807, 2.05) is 47.6 Å². The summed E-state index contributed by atoms with van der Waals surface area (Å²) >= 11 is 0. The van der Waals surface area contributed by atoms with Gasteiger partial charge in [-0.2, -0.15) is 0 Å². The first-order chi connectivity index (χ1) is 9.51. The van der Waals surface area contributed by atoms with Crippen molar-refractivity contribution >= 4 is 0 Å². The average Bonchev–Trinajstić information content (AvgIpc) is 2.39. The number of benzene rings is 1. The molecule has 0 fully saturated rings. The molecular weight excluding hydrogens is 268 g/mol. The summed E-state index contributed by atoms with van der Waals surface area (Å²) in [7, 11) is 0. The van der Waals surface area contributed by atoms with Crippen molar-refractivity contribution in [1.29, 1.82) is 0 Å². The molecule has 0 saturated carbocycles. The Morgan fingerprint density at radius 1 is 0.762 bits per heavy atom. The Morgan fingerprint density at radius 2 is 1.10 bits per heavy atom. The molecule has 1 aromatic carbocycles. The smallest absolute Gasteiger partial charge is 0.0952 e. The summed E-state index contributed by atoms with van der Waals surface area (Å²) in [5.41, 5.74) is 0.984. The average molecular weight is 300 g/mol. The van der Waals surface area contributed by atoms with Gasteiger partial charge in [0.05, 0.1) is 11.2 Å². The van der Waals surface area contributed by atoms with Gasteiger partial charge >= 0.3 is 0 Å². The molecule has 0 spiro atoms. The van der Waals surface area contributed by atoms with E-state index in [0.717, 1.165) is 0 Å². The molecule has 0 aliphatic heterocycles. The largest absolute Gasteiger partial charge is 0.255 e. The summed E-state index contributed by atoms with van der Waals surface area (Å²) in [5, 5.41) is 12.0. The van der Waals surface area contributed by atoms with Crippen LogP contribution in [0.4, 0.5) is 0 Å². The Bertz CT molecular complexity index is 320. The van der Waals surface area contributed by atoms with Crippen molar-refractivity contribution in [2.45, 2.75) is 72.5 Å². The zero-order chi connectivity index (χ0) is 17.1. The lowest BCUT2D eigenvalue weighted by Crippen LogP contribution is -2.27. The van der Waals surface area contributed by atoms with Crippen LogP contribution < -0.4 is 0 Å². The normalized spacial score (nSPS) is 11.2. The second-order valence-electron chi connectivity index (χ2n) is 6.96. The van der Waals surface area contributed by atoms with Gasteiger partial charge in [-0.3, -0.25) is 10.5 Å². The Labute approximate surface area is 129 Å². The lowest BCUT2D eigenvalue weighted by atomic mass is 10.0. The van der Waals surface area contributed by atoms with Gasteiger partial charge in [-0.25, -0.2) is 9.78 Å². The molecule has 0 heterocycles. The van der Waals surface area contributed by atoms with E-state index in [1.54, 1.807) is 0 Å². The fourth-order valence-electron chi connectivity index (χ4n) is 1.09. The van der Waals surface area contributed by atoms with Crippen molar-refractivity contribution in [3.05, 3.63) is 35.9 Å². The van der Waals surface area contributed by atoms with Crippen LogP contribution in [0.5, 0.6) is 0 Å². The molecule has 0 atom stereocenters. The highest BCUT2D eigenvalue weighted by Crippen LogP contribution is 2.14. The first-order valence-corrected chi connectivity index (χ1v) is 7.13. The van der Waals surface area contributed by atoms with Gasteiger partial charge in [0.2, 0.25) is 0 Å². The van der Waals surface area contributed by atoms with Crippen molar-refractivity contribution in [1.82, 2.24) is 0 Å². The molecule has 0 saturated heterocycles. The fourth-order valence-corrected chi connectivity index (χ4v) is 1.09. The lowest BCUT2D eigenvalue weighted by molar-refractivity contribution is -0.393. The fraction of sp³-hybridized carbons (Fsp3) is 0.647. The molecule has 0 aliphatic carbocycles. The quantitative estimate of drug-likeness (QED) is 0.570. The molecule has 4 heteroatoms. The van der Waals surface area contributed by atoms with Gasteiger partial charge in [0, 0.05) is 0 Å². The second kappa shape index (κ2) is 10.7. The Kier molecular flexibility index (Phi) is 11.4. The van der Waals surface area contributed by atoms with Crippen LogP contribution in [0.1, 0.15) is 66.9 Å². The van der Waals surface area contributed by atoms with E-state index in [0.29, 0.717) is 5.92 Å². The summed E-state index contributed by atoms with van der Waals surface area (Å²) in [6.45, 7) is 16.1. The van der Waals surface area contributed by atoms with Crippen LogP contribution in [0, 0.1) is 0 Å². The molecule has 0 bridgehead atoms. The molecule has 2 N–H and O–H groups in total. The highest BCUT2D eigenvalue weighted by Gasteiger charge is 2.18. The van der Waals surface area contributed by atoms with Crippen LogP contribution in [-0.2, 0) is 9.78 Å². The van der Waals surface area contributed by atoms with Gasteiger partial charge in [0.25, 0.3) is 0 Å². The SMILES string of the molecule is CC(C)(C)OOC(C)(C)C.CC(C)c1ccccc1.OO. The van der Waals surface area contributed by atoms with E-state index < -0.39 is 0 Å². The third kappa shape index (κ3) is 17.0. The number of hydrogen-bond acceptors (Lipinski definition) is 4. The Morgan fingerprint density at radius 3 is 1.29 bits per heavy atom. The summed E-state index contributed by atoms with van der Waals surface area (Å²) in [5.74, 6) is 0.659. The molecule has 1 rings (SSSR count). The topological polar surface area (TPSA) is 58.9 Å². The van der Waals surface area contributed by atoms with Gasteiger partial charge in [-0.1, -0.05) is 44.2 Å². The highest BCUT2D eigenvalue weighted by atomic mass is 17.2. The molecule has 0 radical (unpaired) electrons. The molecule has 21 heavy (non-hydrogen) atoms. The van der Waals surface area contributed by atoms with E-state index in [1.165, 1.54) is 5.56 Å². The molecule has 124 valence electrons. The molecule has 0 aliphatic rings. The third-order valence-electron chi connectivity index (χ3n) is 2.01. The van der Waals surface area contributed by atoms with Crippen LogP contribution in [0.25, 0.3) is 0 Å². The zero-order valence-corrected chi connectivity index (χ0v) is 14.7. The van der Waals surface area contributed by atoms with Crippen LogP contribution in [0.2, 0.25) is 0 Å². The van der Waals surface area contributed by atoms with Crippen molar-refractivity contribution < 1.29 is 20.3 Å².